The van der Waals surface area contributed by atoms with E-state index >= 15 is 0 Å². The lowest BCUT2D eigenvalue weighted by Gasteiger charge is -2.45. The zero-order valence-corrected chi connectivity index (χ0v) is 31.6. The van der Waals surface area contributed by atoms with E-state index in [0.29, 0.717) is 12.5 Å². The van der Waals surface area contributed by atoms with Gasteiger partial charge in [-0.1, -0.05) is 124 Å². The number of rotatable bonds is 6. The molecule has 3 aliphatic heterocycles. The molecule has 0 saturated carbocycles. The summed E-state index contributed by atoms with van der Waals surface area (Å²) in [6.45, 7) is 14.3. The molecule has 254 valence electrons. The van der Waals surface area contributed by atoms with Gasteiger partial charge in [0.15, 0.2) is 6.29 Å². The third-order valence-corrected chi connectivity index (χ3v) is 14.5. The summed E-state index contributed by atoms with van der Waals surface area (Å²) in [5.41, 5.74) is 3.47. The molecular formula is C38H42NO7PSi2. The molecule has 11 heteroatoms. The van der Waals surface area contributed by atoms with Gasteiger partial charge in [-0.05, 0) is 22.5 Å². The van der Waals surface area contributed by atoms with E-state index in [9.17, 15) is 0 Å². The average Bonchev–Trinajstić information content (AvgIpc) is 3.45. The zero-order valence-electron chi connectivity index (χ0n) is 28.7. The number of hydrogen-bond donors (Lipinski definition) is 0. The second kappa shape index (κ2) is 12.7. The molecule has 0 radical (unpaired) electrons. The van der Waals surface area contributed by atoms with E-state index in [0.717, 1.165) is 33.1 Å². The van der Waals surface area contributed by atoms with Crippen LogP contribution < -0.4 is 14.9 Å². The first-order valence-electron chi connectivity index (χ1n) is 16.9. The molecule has 5 aromatic rings. The third kappa shape index (κ3) is 6.25. The molecule has 1 unspecified atom stereocenters. The van der Waals surface area contributed by atoms with Gasteiger partial charge in [0.25, 0.3) is 0 Å². The summed E-state index contributed by atoms with van der Waals surface area (Å²) in [5.74, 6) is 0.511. The minimum Gasteiger partial charge on any atom is -0.445 e. The van der Waals surface area contributed by atoms with E-state index in [4.69, 9.17) is 36.9 Å². The first-order chi connectivity index (χ1) is 23.5. The Morgan fingerprint density at radius 2 is 1.29 bits per heavy atom. The normalized spacial score (nSPS) is 25.4. The van der Waals surface area contributed by atoms with Crippen molar-refractivity contribution in [3.05, 3.63) is 108 Å². The molecule has 0 N–H and O–H groups in total. The van der Waals surface area contributed by atoms with E-state index in [1.807, 2.05) is 60.7 Å². The number of fused-ring (bicyclic) bond motifs is 5. The molecule has 49 heavy (non-hydrogen) atoms. The van der Waals surface area contributed by atoms with E-state index in [1.54, 1.807) is 0 Å². The molecule has 4 aromatic carbocycles. The standard InChI is InChI=1S/C38H42NO7PSi2/c1-48(2,3)29-21-13-19-26-27-20-14-22-30(49(4,5)6)33(27)45-47(44-32(26)29)46-35-31-38(43-36(39-31)24-15-9-7-10-16-24)41-28-23-40-37(42-34(28)35)25-17-11-8-12-18-25/h7-22,28,31,34-35,37-38H,23H2,1-6H3/t28-,31-,34-,35-,37?,38-/m1/s1. The molecule has 6 atom stereocenters. The van der Waals surface area contributed by atoms with Crippen molar-refractivity contribution < 1.29 is 31.9 Å². The summed E-state index contributed by atoms with van der Waals surface area (Å²) in [7, 11) is -5.67. The van der Waals surface area contributed by atoms with Crippen molar-refractivity contribution >= 4 is 62.6 Å². The third-order valence-electron chi connectivity index (χ3n) is 9.37. The SMILES string of the molecule is C[Si](C)(C)c1cccc2c1op(O[C@@H]1[C@H]3N=C(c4ccccc4)O[C@H]3O[C@@H]3COC(c4ccccc4)O[C@@H]13)oc1c([Si](C)(C)C)cccc12. The van der Waals surface area contributed by atoms with Crippen LogP contribution in [0.15, 0.2) is 110 Å². The molecule has 1 aromatic heterocycles. The van der Waals surface area contributed by atoms with Crippen LogP contribution >= 0.6 is 8.24 Å². The highest BCUT2D eigenvalue weighted by atomic mass is 31.1. The topological polar surface area (TPSA) is 84.8 Å². The first kappa shape index (κ1) is 32.7. The Kier molecular flexibility index (Phi) is 8.47. The maximum Gasteiger partial charge on any atom is 0.387 e. The predicted octanol–water partition coefficient (Wildman–Crippen LogP) is 7.86. The van der Waals surface area contributed by atoms with Gasteiger partial charge < -0.3 is 27.3 Å². The highest BCUT2D eigenvalue weighted by Gasteiger charge is 2.55. The van der Waals surface area contributed by atoms with Gasteiger partial charge in [-0.15, -0.1) is 0 Å². The molecule has 2 saturated heterocycles. The number of para-hydroxylation sites is 2. The zero-order chi connectivity index (χ0) is 33.9. The monoisotopic (exact) mass is 711 g/mol. The lowest BCUT2D eigenvalue weighted by atomic mass is 9.96. The van der Waals surface area contributed by atoms with Crippen molar-refractivity contribution in [2.45, 2.75) is 76.2 Å². The summed E-state index contributed by atoms with van der Waals surface area (Å²) >= 11 is 0. The number of benzene rings is 4. The summed E-state index contributed by atoms with van der Waals surface area (Å²) in [5, 5.41) is 4.51. The van der Waals surface area contributed by atoms with E-state index in [1.165, 1.54) is 10.4 Å². The second-order valence-corrected chi connectivity index (χ2v) is 26.1. The molecular weight excluding hydrogens is 670 g/mol. The fourth-order valence-corrected chi connectivity index (χ4v) is 11.2. The van der Waals surface area contributed by atoms with Gasteiger partial charge >= 0.3 is 8.24 Å². The van der Waals surface area contributed by atoms with Crippen LogP contribution in [0.25, 0.3) is 21.9 Å². The maximum atomic E-state index is 7.12. The van der Waals surface area contributed by atoms with Crippen molar-refractivity contribution in [2.24, 2.45) is 4.99 Å². The second-order valence-electron chi connectivity index (χ2n) is 15.0. The van der Waals surface area contributed by atoms with Crippen molar-refractivity contribution in [2.75, 3.05) is 6.61 Å². The average molecular weight is 712 g/mol. The van der Waals surface area contributed by atoms with Crippen molar-refractivity contribution in [3.63, 3.8) is 0 Å². The lowest BCUT2D eigenvalue weighted by molar-refractivity contribution is -0.324. The number of nitrogens with zero attached hydrogens (tertiary/aromatic N) is 1. The van der Waals surface area contributed by atoms with Gasteiger partial charge in [-0.2, -0.15) is 0 Å². The highest BCUT2D eigenvalue weighted by molar-refractivity contribution is 7.32. The van der Waals surface area contributed by atoms with Gasteiger partial charge in [-0.3, -0.25) is 4.52 Å². The lowest BCUT2D eigenvalue weighted by Crippen LogP contribution is -2.62. The van der Waals surface area contributed by atoms with Crippen molar-refractivity contribution in [1.29, 1.82) is 0 Å². The Morgan fingerprint density at radius 1 is 0.694 bits per heavy atom. The fraction of sp³-hybridized carbons (Fsp3) is 0.342. The predicted molar refractivity (Wildman–Crippen MR) is 199 cm³/mol. The largest absolute Gasteiger partial charge is 0.445 e. The molecule has 2 fully saturated rings. The van der Waals surface area contributed by atoms with E-state index in [-0.39, 0.29) is 0 Å². The van der Waals surface area contributed by atoms with Crippen molar-refractivity contribution in [1.82, 2.24) is 0 Å². The Bertz CT molecular complexity index is 1980. The minimum absolute atomic E-state index is 0.308. The molecule has 4 heterocycles. The molecule has 3 aliphatic rings. The first-order valence-corrected chi connectivity index (χ1v) is 25.0. The minimum atomic E-state index is -1.97. The Balaban J connectivity index is 1.31. The van der Waals surface area contributed by atoms with Gasteiger partial charge in [0, 0.05) is 21.9 Å². The highest BCUT2D eigenvalue weighted by Crippen LogP contribution is 2.42. The van der Waals surface area contributed by atoms with Gasteiger partial charge in [0.1, 0.15) is 35.5 Å². The van der Waals surface area contributed by atoms with Gasteiger partial charge in [-0.25, -0.2) is 4.99 Å². The Labute approximate surface area is 289 Å². The molecule has 0 amide bonds. The summed E-state index contributed by atoms with van der Waals surface area (Å²) < 4.78 is 46.9. The van der Waals surface area contributed by atoms with Crippen LogP contribution in [0.4, 0.5) is 0 Å². The van der Waals surface area contributed by atoms with Crippen LogP contribution in [0.1, 0.15) is 17.4 Å². The smallest absolute Gasteiger partial charge is 0.387 e. The quantitative estimate of drug-likeness (QED) is 0.166. The van der Waals surface area contributed by atoms with Crippen LogP contribution in [0, 0.1) is 0 Å². The van der Waals surface area contributed by atoms with Crippen LogP contribution in [-0.4, -0.2) is 59.3 Å². The van der Waals surface area contributed by atoms with Crippen LogP contribution in [-0.2, 0) is 18.9 Å². The molecule has 0 spiro atoms. The van der Waals surface area contributed by atoms with Crippen molar-refractivity contribution in [3.8, 4) is 0 Å². The Morgan fingerprint density at radius 3 is 1.88 bits per heavy atom. The summed E-state index contributed by atoms with van der Waals surface area (Å²) in [6, 6.07) is 32.2. The maximum absolute atomic E-state index is 7.12. The summed E-state index contributed by atoms with van der Waals surface area (Å²) in [4.78, 5) is 5.08. The van der Waals surface area contributed by atoms with Crippen LogP contribution in [0.5, 0.6) is 0 Å². The van der Waals surface area contributed by atoms with Gasteiger partial charge in [0.05, 0.1) is 22.8 Å². The van der Waals surface area contributed by atoms with E-state index < -0.39 is 61.3 Å². The molecule has 8 rings (SSSR count). The fourth-order valence-electron chi connectivity index (χ4n) is 6.88. The van der Waals surface area contributed by atoms with Gasteiger partial charge in [0.2, 0.25) is 12.2 Å². The molecule has 0 bridgehead atoms. The Hall–Kier alpha value is -3.48. The summed E-state index contributed by atoms with van der Waals surface area (Å²) in [6.07, 6.45) is -2.86. The van der Waals surface area contributed by atoms with E-state index in [2.05, 4.69) is 75.7 Å². The number of aliphatic imine (C=N–C) groups is 1. The number of ether oxygens (including phenoxy) is 4. The molecule has 8 nitrogen and oxygen atoms in total. The molecule has 0 aliphatic carbocycles. The number of hydrogen-bond acceptors (Lipinski definition) is 8. The van der Waals surface area contributed by atoms with Crippen LogP contribution in [0.2, 0.25) is 39.3 Å². The van der Waals surface area contributed by atoms with Crippen LogP contribution in [0.3, 0.4) is 0 Å².